The number of aryl methyl sites for hydroxylation is 1. The molecule has 2 N–H and O–H groups in total. The molecule has 0 saturated carbocycles. The van der Waals surface area contributed by atoms with Crippen LogP contribution in [0.4, 0.5) is 10.5 Å². The van der Waals surface area contributed by atoms with Crippen LogP contribution in [0.3, 0.4) is 0 Å². The van der Waals surface area contributed by atoms with Crippen LogP contribution in [0.15, 0.2) is 42.5 Å². The Hall–Kier alpha value is -4.14. The summed E-state index contributed by atoms with van der Waals surface area (Å²) in [4.78, 5) is 30.6. The number of benzene rings is 2. The fraction of sp³-hybridized carbons (Fsp3) is 0.308. The van der Waals surface area contributed by atoms with E-state index in [2.05, 4.69) is 10.3 Å². The number of aromatic amines is 1. The number of hydrogen-bond acceptors (Lipinski definition) is 6. The van der Waals surface area contributed by atoms with Crippen molar-refractivity contribution in [3.8, 4) is 17.2 Å². The molecule has 0 unspecified atom stereocenters. The molecule has 0 atom stereocenters. The third-order valence-electron chi connectivity index (χ3n) is 5.86. The van der Waals surface area contributed by atoms with Gasteiger partial charge in [-0.05, 0) is 61.7 Å². The number of carbonyl (C=O) groups is 2. The van der Waals surface area contributed by atoms with Gasteiger partial charge in [-0.25, -0.2) is 9.59 Å². The van der Waals surface area contributed by atoms with Crippen LogP contribution in [0, 0.1) is 13.8 Å². The maximum Gasteiger partial charge on any atom is 0.355 e. The fourth-order valence-electron chi connectivity index (χ4n) is 3.95. The molecule has 1 aliphatic heterocycles. The summed E-state index contributed by atoms with van der Waals surface area (Å²) in [6.45, 7) is 6.58. The van der Waals surface area contributed by atoms with Crippen molar-refractivity contribution in [2.45, 2.75) is 33.9 Å². The number of anilines is 1. The van der Waals surface area contributed by atoms with Crippen LogP contribution in [0.2, 0.25) is 0 Å². The average molecular weight is 480 g/mol. The SMILES string of the molecule is CCOC(=O)c1[nH]c(C)c(CN(Cc2ccc(OC)cc2)C(=O)Nc2ccc3c(c2)OCO3)c1C. The molecule has 0 saturated heterocycles. The van der Waals surface area contributed by atoms with Crippen molar-refractivity contribution in [3.63, 3.8) is 0 Å². The molecule has 0 aliphatic carbocycles. The molecule has 2 heterocycles. The van der Waals surface area contributed by atoms with Gasteiger partial charge < -0.3 is 34.1 Å². The Morgan fingerprint density at radius 1 is 1.06 bits per heavy atom. The number of fused-ring (bicyclic) bond motifs is 1. The number of amides is 2. The zero-order valence-electron chi connectivity index (χ0n) is 20.3. The molecular formula is C26H29N3O6. The predicted molar refractivity (Wildman–Crippen MR) is 130 cm³/mol. The van der Waals surface area contributed by atoms with Crippen LogP contribution in [0.25, 0.3) is 0 Å². The molecule has 0 radical (unpaired) electrons. The summed E-state index contributed by atoms with van der Waals surface area (Å²) in [5.74, 6) is 1.55. The lowest BCUT2D eigenvalue weighted by atomic mass is 10.1. The standard InChI is InChI=1S/C26H29N3O6/c1-5-33-25(30)24-16(2)21(17(3)27-24)14-29(13-18-6-9-20(32-4)10-7-18)26(31)28-19-8-11-22-23(12-19)35-15-34-22/h6-12,27H,5,13-15H2,1-4H3,(H,28,31). The van der Waals surface area contributed by atoms with Crippen molar-refractivity contribution in [2.75, 3.05) is 25.8 Å². The van der Waals surface area contributed by atoms with Gasteiger partial charge in [0.15, 0.2) is 11.5 Å². The van der Waals surface area contributed by atoms with Crippen molar-refractivity contribution in [1.82, 2.24) is 9.88 Å². The van der Waals surface area contributed by atoms with Gasteiger partial charge >= 0.3 is 12.0 Å². The highest BCUT2D eigenvalue weighted by atomic mass is 16.7. The van der Waals surface area contributed by atoms with Crippen LogP contribution in [-0.4, -0.2) is 42.4 Å². The van der Waals surface area contributed by atoms with Gasteiger partial charge in [-0.3, -0.25) is 0 Å². The normalized spacial score (nSPS) is 11.8. The third kappa shape index (κ3) is 5.34. The molecule has 2 amide bonds. The van der Waals surface area contributed by atoms with Gasteiger partial charge in [0, 0.05) is 30.5 Å². The second-order valence-corrected chi connectivity index (χ2v) is 8.15. The number of hydrogen-bond donors (Lipinski definition) is 2. The van der Waals surface area contributed by atoms with Crippen LogP contribution in [-0.2, 0) is 17.8 Å². The highest BCUT2D eigenvalue weighted by Crippen LogP contribution is 2.34. The molecule has 0 bridgehead atoms. The molecule has 9 nitrogen and oxygen atoms in total. The largest absolute Gasteiger partial charge is 0.497 e. The van der Waals surface area contributed by atoms with Crippen LogP contribution >= 0.6 is 0 Å². The maximum absolute atomic E-state index is 13.4. The number of nitrogens with one attached hydrogen (secondary N) is 2. The number of urea groups is 1. The number of rotatable bonds is 8. The molecule has 35 heavy (non-hydrogen) atoms. The lowest BCUT2D eigenvalue weighted by Gasteiger charge is -2.24. The third-order valence-corrected chi connectivity index (χ3v) is 5.86. The van der Waals surface area contributed by atoms with Gasteiger partial charge in [0.25, 0.3) is 0 Å². The molecule has 3 aromatic rings. The van der Waals surface area contributed by atoms with Gasteiger partial charge in [0.05, 0.1) is 13.7 Å². The smallest absolute Gasteiger partial charge is 0.355 e. The minimum Gasteiger partial charge on any atom is -0.497 e. The number of methoxy groups -OCH3 is 1. The van der Waals surface area contributed by atoms with E-state index < -0.39 is 5.97 Å². The quantitative estimate of drug-likeness (QED) is 0.451. The summed E-state index contributed by atoms with van der Waals surface area (Å²) in [6, 6.07) is 12.5. The Morgan fingerprint density at radius 3 is 2.51 bits per heavy atom. The first kappa shape index (κ1) is 24.0. The summed E-state index contributed by atoms with van der Waals surface area (Å²) in [6.07, 6.45) is 0. The molecule has 1 aliphatic rings. The van der Waals surface area contributed by atoms with Gasteiger partial charge in [0.1, 0.15) is 11.4 Å². The number of ether oxygens (including phenoxy) is 4. The Balaban J connectivity index is 1.60. The lowest BCUT2D eigenvalue weighted by Crippen LogP contribution is -2.34. The Bertz CT molecular complexity index is 1220. The Kier molecular flexibility index (Phi) is 7.14. The number of aromatic nitrogens is 1. The van der Waals surface area contributed by atoms with E-state index in [0.717, 1.165) is 28.1 Å². The van der Waals surface area contributed by atoms with Gasteiger partial charge in [-0.15, -0.1) is 0 Å². The summed E-state index contributed by atoms with van der Waals surface area (Å²) < 4.78 is 21.2. The van der Waals surface area contributed by atoms with Crippen molar-refractivity contribution in [1.29, 1.82) is 0 Å². The minimum absolute atomic E-state index is 0.158. The van der Waals surface area contributed by atoms with Crippen molar-refractivity contribution in [3.05, 3.63) is 70.5 Å². The van der Waals surface area contributed by atoms with E-state index in [0.29, 0.717) is 29.4 Å². The average Bonchev–Trinajstić information content (AvgIpc) is 3.43. The molecule has 9 heteroatoms. The van der Waals surface area contributed by atoms with Gasteiger partial charge in [-0.2, -0.15) is 0 Å². The number of H-pyrrole nitrogens is 1. The van der Waals surface area contributed by atoms with E-state index in [1.165, 1.54) is 0 Å². The van der Waals surface area contributed by atoms with Crippen LogP contribution < -0.4 is 19.5 Å². The molecule has 184 valence electrons. The lowest BCUT2D eigenvalue weighted by molar-refractivity contribution is 0.0519. The zero-order chi connectivity index (χ0) is 24.9. The first-order valence-electron chi connectivity index (χ1n) is 11.3. The fourth-order valence-corrected chi connectivity index (χ4v) is 3.95. The summed E-state index contributed by atoms with van der Waals surface area (Å²) >= 11 is 0. The highest BCUT2D eigenvalue weighted by Gasteiger charge is 2.23. The molecule has 1 aromatic heterocycles. The second-order valence-electron chi connectivity index (χ2n) is 8.15. The molecular weight excluding hydrogens is 450 g/mol. The van der Waals surface area contributed by atoms with E-state index >= 15 is 0 Å². The highest BCUT2D eigenvalue weighted by molar-refractivity contribution is 5.91. The predicted octanol–water partition coefficient (Wildman–Crippen LogP) is 4.78. The van der Waals surface area contributed by atoms with Gasteiger partial charge in [0.2, 0.25) is 6.79 Å². The van der Waals surface area contributed by atoms with Gasteiger partial charge in [-0.1, -0.05) is 12.1 Å². The van der Waals surface area contributed by atoms with E-state index in [9.17, 15) is 9.59 Å². The topological polar surface area (TPSA) is 102 Å². The Morgan fingerprint density at radius 2 is 1.80 bits per heavy atom. The molecule has 4 rings (SSSR count). The summed E-state index contributed by atoms with van der Waals surface area (Å²) in [7, 11) is 1.61. The summed E-state index contributed by atoms with van der Waals surface area (Å²) in [5.41, 5.74) is 4.36. The molecule has 0 spiro atoms. The van der Waals surface area contributed by atoms with E-state index in [1.807, 2.05) is 38.1 Å². The maximum atomic E-state index is 13.4. The van der Waals surface area contributed by atoms with Crippen molar-refractivity contribution in [2.24, 2.45) is 0 Å². The summed E-state index contributed by atoms with van der Waals surface area (Å²) in [5, 5.41) is 2.95. The molecule has 2 aromatic carbocycles. The zero-order valence-corrected chi connectivity index (χ0v) is 20.3. The number of carbonyl (C=O) groups excluding carboxylic acids is 2. The van der Waals surface area contributed by atoms with Crippen molar-refractivity contribution >= 4 is 17.7 Å². The van der Waals surface area contributed by atoms with E-state index in [-0.39, 0.29) is 26.0 Å². The first-order chi connectivity index (χ1) is 16.9. The molecule has 0 fully saturated rings. The minimum atomic E-state index is -0.411. The first-order valence-corrected chi connectivity index (χ1v) is 11.3. The second kappa shape index (κ2) is 10.4. The number of nitrogens with zero attached hydrogens (tertiary/aromatic N) is 1. The Labute approximate surface area is 203 Å². The number of esters is 1. The van der Waals surface area contributed by atoms with Crippen molar-refractivity contribution < 1.29 is 28.5 Å². The van der Waals surface area contributed by atoms with E-state index in [4.69, 9.17) is 18.9 Å². The monoisotopic (exact) mass is 479 g/mol. The van der Waals surface area contributed by atoms with Crippen LogP contribution in [0.5, 0.6) is 17.2 Å². The van der Waals surface area contributed by atoms with Crippen LogP contribution in [0.1, 0.15) is 39.8 Å². The van der Waals surface area contributed by atoms with E-state index in [1.54, 1.807) is 37.1 Å².